The molecule has 0 amide bonds. The van der Waals surface area contributed by atoms with Gasteiger partial charge in [-0.15, -0.1) is 0 Å². The van der Waals surface area contributed by atoms with Gasteiger partial charge in [0.2, 0.25) is 0 Å². The van der Waals surface area contributed by atoms with Crippen LogP contribution < -0.4 is 10.5 Å². The summed E-state index contributed by atoms with van der Waals surface area (Å²) in [5.41, 5.74) is 6.70. The maximum atomic E-state index is 11.7. The third-order valence-electron chi connectivity index (χ3n) is 3.32. The average Bonchev–Trinajstić information content (AvgIpc) is 2.48. The lowest BCUT2D eigenvalue weighted by atomic mass is 10.1. The monoisotopic (exact) mass is 293 g/mol. The van der Waals surface area contributed by atoms with Gasteiger partial charge in [-0.25, -0.2) is 4.79 Å². The Morgan fingerprint density at radius 2 is 1.81 bits per heavy atom. The molecule has 0 unspecified atom stereocenters. The molecule has 0 aliphatic carbocycles. The van der Waals surface area contributed by atoms with Crippen LogP contribution in [0.5, 0.6) is 5.75 Å². The molecule has 0 aliphatic rings. The van der Waals surface area contributed by atoms with Crippen molar-refractivity contribution in [3.8, 4) is 5.75 Å². The molecule has 21 heavy (non-hydrogen) atoms. The van der Waals surface area contributed by atoms with E-state index < -0.39 is 5.97 Å². The minimum Gasteiger partial charge on any atom is -0.491 e. The zero-order chi connectivity index (χ0) is 15.5. The van der Waals surface area contributed by atoms with Crippen LogP contribution in [0.15, 0.2) is 18.2 Å². The summed E-state index contributed by atoms with van der Waals surface area (Å²) in [7, 11) is 0. The molecule has 1 aromatic carbocycles. The van der Waals surface area contributed by atoms with Gasteiger partial charge in [-0.05, 0) is 25.5 Å². The number of rotatable bonds is 10. The predicted octanol–water partition coefficient (Wildman–Crippen LogP) is 4.18. The van der Waals surface area contributed by atoms with E-state index in [1.807, 2.05) is 0 Å². The summed E-state index contributed by atoms with van der Waals surface area (Å²) in [6, 6.07) is 5.21. The fraction of sp³-hybridized carbons (Fsp3) is 0.588. The van der Waals surface area contributed by atoms with E-state index in [9.17, 15) is 4.79 Å². The fourth-order valence-electron chi connectivity index (χ4n) is 2.12. The number of nitrogen functional groups attached to an aromatic ring is 1. The number of anilines is 1. The fourth-order valence-corrected chi connectivity index (χ4v) is 2.12. The van der Waals surface area contributed by atoms with Gasteiger partial charge in [0.05, 0.1) is 24.5 Å². The van der Waals surface area contributed by atoms with Crippen molar-refractivity contribution in [2.45, 2.75) is 52.4 Å². The molecule has 0 heterocycles. The van der Waals surface area contributed by atoms with Crippen molar-refractivity contribution < 1.29 is 14.3 Å². The lowest BCUT2D eigenvalue weighted by Gasteiger charge is -2.11. The second-order valence-corrected chi connectivity index (χ2v) is 5.05. The van der Waals surface area contributed by atoms with Crippen LogP contribution in [-0.4, -0.2) is 19.2 Å². The molecule has 0 radical (unpaired) electrons. The SMILES string of the molecule is CCCCCCCCOc1cccc(C(=O)OCC)c1N. The molecular formula is C17H27NO3. The van der Waals surface area contributed by atoms with Crippen molar-refractivity contribution in [2.24, 2.45) is 0 Å². The van der Waals surface area contributed by atoms with Gasteiger partial charge in [-0.2, -0.15) is 0 Å². The first kappa shape index (κ1) is 17.3. The van der Waals surface area contributed by atoms with E-state index >= 15 is 0 Å². The van der Waals surface area contributed by atoms with Crippen LogP contribution in [0, 0.1) is 0 Å². The Morgan fingerprint density at radius 3 is 2.52 bits per heavy atom. The van der Waals surface area contributed by atoms with Crippen LogP contribution in [0.2, 0.25) is 0 Å². The minimum atomic E-state index is -0.403. The van der Waals surface area contributed by atoms with E-state index in [-0.39, 0.29) is 0 Å². The highest BCUT2D eigenvalue weighted by Gasteiger charge is 2.14. The van der Waals surface area contributed by atoms with Crippen LogP contribution >= 0.6 is 0 Å². The molecule has 0 saturated heterocycles. The van der Waals surface area contributed by atoms with Crippen molar-refractivity contribution in [1.29, 1.82) is 0 Å². The number of carbonyl (C=O) groups excluding carboxylic acids is 1. The Morgan fingerprint density at radius 1 is 1.10 bits per heavy atom. The van der Waals surface area contributed by atoms with E-state index in [0.29, 0.717) is 30.2 Å². The molecule has 1 aromatic rings. The van der Waals surface area contributed by atoms with E-state index in [2.05, 4.69) is 6.92 Å². The normalized spacial score (nSPS) is 10.4. The Kier molecular flexibility index (Phi) is 8.32. The number of unbranched alkanes of at least 4 members (excludes halogenated alkanes) is 5. The molecule has 0 fully saturated rings. The molecule has 118 valence electrons. The molecular weight excluding hydrogens is 266 g/mol. The molecule has 0 spiro atoms. The van der Waals surface area contributed by atoms with Gasteiger partial charge in [0, 0.05) is 0 Å². The zero-order valence-corrected chi connectivity index (χ0v) is 13.2. The number of para-hydroxylation sites is 1. The summed E-state index contributed by atoms with van der Waals surface area (Å²) >= 11 is 0. The standard InChI is InChI=1S/C17H27NO3/c1-3-5-6-7-8-9-13-21-15-12-10-11-14(16(15)18)17(19)20-4-2/h10-12H,3-9,13,18H2,1-2H3. The third-order valence-corrected chi connectivity index (χ3v) is 3.32. The Balaban J connectivity index is 2.41. The first-order valence-electron chi connectivity index (χ1n) is 7.89. The molecule has 1 rings (SSSR count). The number of esters is 1. The minimum absolute atomic E-state index is 0.334. The highest BCUT2D eigenvalue weighted by atomic mass is 16.5. The van der Waals surface area contributed by atoms with Crippen LogP contribution in [0.1, 0.15) is 62.7 Å². The quantitative estimate of drug-likeness (QED) is 0.399. The molecule has 0 aliphatic heterocycles. The van der Waals surface area contributed by atoms with Gasteiger partial charge in [0.1, 0.15) is 5.75 Å². The molecule has 4 nitrogen and oxygen atoms in total. The number of ether oxygens (including phenoxy) is 2. The van der Waals surface area contributed by atoms with Crippen LogP contribution in [-0.2, 0) is 4.74 Å². The lowest BCUT2D eigenvalue weighted by Crippen LogP contribution is -2.09. The van der Waals surface area contributed by atoms with Gasteiger partial charge in [0.25, 0.3) is 0 Å². The Labute approximate surface area is 127 Å². The van der Waals surface area contributed by atoms with E-state index in [1.54, 1.807) is 25.1 Å². The second-order valence-electron chi connectivity index (χ2n) is 5.05. The topological polar surface area (TPSA) is 61.5 Å². The maximum Gasteiger partial charge on any atom is 0.340 e. The average molecular weight is 293 g/mol. The van der Waals surface area contributed by atoms with Gasteiger partial charge in [-0.3, -0.25) is 0 Å². The van der Waals surface area contributed by atoms with Crippen LogP contribution in [0.4, 0.5) is 5.69 Å². The van der Waals surface area contributed by atoms with Crippen molar-refractivity contribution in [3.63, 3.8) is 0 Å². The Hall–Kier alpha value is -1.71. The zero-order valence-electron chi connectivity index (χ0n) is 13.2. The van der Waals surface area contributed by atoms with Crippen molar-refractivity contribution in [1.82, 2.24) is 0 Å². The molecule has 0 atom stereocenters. The van der Waals surface area contributed by atoms with Crippen molar-refractivity contribution >= 4 is 11.7 Å². The first-order valence-corrected chi connectivity index (χ1v) is 7.89. The van der Waals surface area contributed by atoms with E-state index in [0.717, 1.165) is 12.8 Å². The summed E-state index contributed by atoms with van der Waals surface area (Å²) in [5.74, 6) is 0.161. The first-order chi connectivity index (χ1) is 10.2. The van der Waals surface area contributed by atoms with Crippen LogP contribution in [0.25, 0.3) is 0 Å². The summed E-state index contributed by atoms with van der Waals surface area (Å²) in [6.45, 7) is 4.94. The maximum absolute atomic E-state index is 11.7. The second kappa shape index (κ2) is 10.1. The molecule has 0 aromatic heterocycles. The third kappa shape index (κ3) is 6.06. The molecule has 2 N–H and O–H groups in total. The highest BCUT2D eigenvalue weighted by molar-refractivity contribution is 5.96. The summed E-state index contributed by atoms with van der Waals surface area (Å²) < 4.78 is 10.6. The van der Waals surface area contributed by atoms with Gasteiger partial charge >= 0.3 is 5.97 Å². The predicted molar refractivity (Wildman–Crippen MR) is 85.7 cm³/mol. The number of hydrogen-bond acceptors (Lipinski definition) is 4. The highest BCUT2D eigenvalue weighted by Crippen LogP contribution is 2.26. The van der Waals surface area contributed by atoms with E-state index in [1.165, 1.54) is 25.7 Å². The van der Waals surface area contributed by atoms with Gasteiger partial charge < -0.3 is 15.2 Å². The van der Waals surface area contributed by atoms with Crippen molar-refractivity contribution in [3.05, 3.63) is 23.8 Å². The lowest BCUT2D eigenvalue weighted by molar-refractivity contribution is 0.0527. The largest absolute Gasteiger partial charge is 0.491 e. The summed E-state index contributed by atoms with van der Waals surface area (Å²) in [6.07, 6.45) is 7.26. The number of hydrogen-bond donors (Lipinski definition) is 1. The van der Waals surface area contributed by atoms with Crippen molar-refractivity contribution in [2.75, 3.05) is 18.9 Å². The number of carbonyl (C=O) groups is 1. The van der Waals surface area contributed by atoms with E-state index in [4.69, 9.17) is 15.2 Å². The van der Waals surface area contributed by atoms with Crippen LogP contribution in [0.3, 0.4) is 0 Å². The molecule has 4 heteroatoms. The van der Waals surface area contributed by atoms with Gasteiger partial charge in [-0.1, -0.05) is 45.1 Å². The smallest absolute Gasteiger partial charge is 0.340 e. The Bertz CT molecular complexity index is 432. The summed E-state index contributed by atoms with van der Waals surface area (Å²) in [4.78, 5) is 11.7. The number of nitrogens with two attached hydrogens (primary N) is 1. The molecule has 0 saturated carbocycles. The molecule has 0 bridgehead atoms. The number of benzene rings is 1. The summed E-state index contributed by atoms with van der Waals surface area (Å²) in [5, 5.41) is 0. The van der Waals surface area contributed by atoms with Gasteiger partial charge in [0.15, 0.2) is 0 Å².